The van der Waals surface area contributed by atoms with Crippen molar-refractivity contribution >= 4 is 129 Å². The average Bonchev–Trinajstić information content (AvgIpc) is 2.43. The van der Waals surface area contributed by atoms with Crippen LogP contribution in [0.25, 0.3) is 0 Å². The highest BCUT2D eigenvalue weighted by Gasteiger charge is 2.65. The molecule has 1 fully saturated rings. The van der Waals surface area contributed by atoms with E-state index in [9.17, 15) is 0 Å². The second kappa shape index (κ2) is 9.18. The maximum atomic E-state index is 6.46. The van der Waals surface area contributed by atoms with E-state index in [2.05, 4.69) is 9.03 Å². The average molecular weight is 696 g/mol. The minimum Gasteiger partial charge on any atom is -0.185 e. The second-order valence-corrected chi connectivity index (χ2v) is 33.4. The molecule has 3 aliphatic heterocycles. The maximum Gasteiger partial charge on any atom is 0.257 e. The van der Waals surface area contributed by atoms with Crippen molar-refractivity contribution in [1.29, 1.82) is 0 Å². The van der Waals surface area contributed by atoms with Crippen LogP contribution in [0.2, 0.25) is 0 Å². The van der Waals surface area contributed by atoms with Gasteiger partial charge in [0.2, 0.25) is 15.0 Å². The van der Waals surface area contributed by atoms with E-state index in [4.69, 9.17) is 108 Å². The lowest BCUT2D eigenvalue weighted by atomic mass is 10.2. The van der Waals surface area contributed by atoms with Gasteiger partial charge in [0, 0.05) is 13.1 Å². The molecule has 0 N–H and O–H groups in total. The summed E-state index contributed by atoms with van der Waals surface area (Å²) < 4.78 is 31.0. The Morgan fingerprint density at radius 1 is 0.500 bits per heavy atom. The minimum absolute atomic E-state index is 0.169. The summed E-state index contributed by atoms with van der Waals surface area (Å²) in [7, 11) is -5.93. The zero-order valence-corrected chi connectivity index (χ0v) is 27.3. The largest absolute Gasteiger partial charge is 0.257 e. The third-order valence-electron chi connectivity index (χ3n) is 3.64. The fourth-order valence-corrected chi connectivity index (χ4v) is 39.9. The van der Waals surface area contributed by atoms with Crippen LogP contribution < -0.4 is 0 Å². The first-order chi connectivity index (χ1) is 13.3. The summed E-state index contributed by atoms with van der Waals surface area (Å²) in [6, 6.07) is 0. The van der Waals surface area contributed by atoms with Gasteiger partial charge in [0.1, 0.15) is 0 Å². The van der Waals surface area contributed by atoms with Gasteiger partial charge in [-0.1, -0.05) is 27.7 Å². The first-order valence-corrected chi connectivity index (χ1v) is 25.5. The summed E-state index contributed by atoms with van der Waals surface area (Å²) in [5, 5.41) is 0. The van der Waals surface area contributed by atoms with Crippen molar-refractivity contribution in [2.45, 2.75) is 27.7 Å². The number of hydrogen-bond donors (Lipinski definition) is 0. The van der Waals surface area contributed by atoms with Crippen LogP contribution in [-0.4, -0.2) is 22.0 Å². The molecule has 2 spiro atoms. The Labute approximate surface area is 215 Å². The van der Waals surface area contributed by atoms with Gasteiger partial charge in [0.25, 0.3) is 23.6 Å². The van der Waals surface area contributed by atoms with Crippen LogP contribution in [0.3, 0.4) is 0 Å². The Kier molecular flexibility index (Phi) is 8.62. The molecule has 3 heterocycles. The molecule has 22 heteroatoms. The van der Waals surface area contributed by atoms with Gasteiger partial charge >= 0.3 is 0 Å². The molecule has 0 unspecified atom stereocenters. The van der Waals surface area contributed by atoms with Gasteiger partial charge in [-0.25, -0.2) is 0 Å². The van der Waals surface area contributed by atoms with Crippen LogP contribution in [0.5, 0.6) is 0 Å². The standard InChI is InChI=1S/C8H18Cl8N8P6/c1-7(2)5-23-29(19-25(9,10)17-26(11,12)20-29)24(6-8(3)4)30(23)21-27(13,14)18-28(15,16)22-30/h7-8H,5-6H2,1-4H3. The molecule has 1 saturated heterocycles. The lowest BCUT2D eigenvalue weighted by molar-refractivity contribution is 0.419. The molecule has 0 aromatic rings. The number of rotatable bonds is 4. The van der Waals surface area contributed by atoms with Crippen molar-refractivity contribution in [3.8, 4) is 0 Å². The van der Waals surface area contributed by atoms with Gasteiger partial charge in [-0.15, -0.1) is 0 Å². The molecule has 0 atom stereocenters. The van der Waals surface area contributed by atoms with Gasteiger partial charge in [0.15, 0.2) is 0 Å². The van der Waals surface area contributed by atoms with E-state index in [-0.39, 0.29) is 11.8 Å². The molecule has 0 amide bonds. The summed E-state index contributed by atoms with van der Waals surface area (Å²) in [6.07, 6.45) is 0. The molecule has 0 aromatic carbocycles. The quantitative estimate of drug-likeness (QED) is 0.274. The zero-order valence-electron chi connectivity index (χ0n) is 15.9. The predicted octanol–water partition coefficient (Wildman–Crippen LogP) is 13.5. The fourth-order valence-electron chi connectivity index (χ4n) is 2.93. The first kappa shape index (κ1) is 28.2. The van der Waals surface area contributed by atoms with Gasteiger partial charge in [-0.3, -0.25) is 0 Å². The molecular weight excluding hydrogens is 678 g/mol. The second-order valence-electron chi connectivity index (χ2n) is 7.33. The molecule has 0 bridgehead atoms. The van der Waals surface area contributed by atoms with E-state index < -0.39 is 38.7 Å². The van der Waals surface area contributed by atoms with Crippen LogP contribution in [0.1, 0.15) is 27.7 Å². The monoisotopic (exact) mass is 692 g/mol. The van der Waals surface area contributed by atoms with Gasteiger partial charge in [-0.05, 0) is 102 Å². The van der Waals surface area contributed by atoms with Gasteiger partial charge in [0.05, 0.1) is 0 Å². The van der Waals surface area contributed by atoms with E-state index in [1.165, 1.54) is 0 Å². The summed E-state index contributed by atoms with van der Waals surface area (Å²) >= 11 is 51.6. The van der Waals surface area contributed by atoms with Crippen LogP contribution in [0, 0.1) is 11.8 Å². The summed E-state index contributed by atoms with van der Waals surface area (Å²) in [6.45, 7) is 9.09. The number of nitrogens with zero attached hydrogens (tertiary/aromatic N) is 8. The van der Waals surface area contributed by atoms with Crippen molar-refractivity contribution in [2.24, 2.45) is 38.9 Å². The van der Waals surface area contributed by atoms with Crippen molar-refractivity contribution in [1.82, 2.24) is 8.88 Å². The topological polar surface area (TPSA) is 80.6 Å². The highest BCUT2D eigenvalue weighted by molar-refractivity contribution is 8.23. The summed E-state index contributed by atoms with van der Waals surface area (Å²) in [5.41, 5.74) is 0. The lowest BCUT2D eigenvalue weighted by Crippen LogP contribution is -2.44. The van der Waals surface area contributed by atoms with E-state index in [0.29, 0.717) is 13.1 Å². The van der Waals surface area contributed by atoms with Gasteiger partial charge in [-0.2, -0.15) is 36.0 Å². The predicted molar refractivity (Wildman–Crippen MR) is 146 cm³/mol. The fraction of sp³-hybridized carbons (Fsp3) is 1.00. The van der Waals surface area contributed by atoms with Crippen LogP contribution >= 0.6 is 129 Å². The van der Waals surface area contributed by atoms with Crippen molar-refractivity contribution < 1.29 is 0 Å². The molecule has 0 saturated carbocycles. The maximum absolute atomic E-state index is 6.46. The zero-order chi connectivity index (χ0) is 23.0. The highest BCUT2D eigenvalue weighted by atomic mass is 35.9. The van der Waals surface area contributed by atoms with Crippen LogP contribution in [0.15, 0.2) is 27.1 Å². The molecular formula is C8H18Cl8N8P6. The Morgan fingerprint density at radius 2 is 0.767 bits per heavy atom. The number of halogens is 8. The molecule has 0 aromatic heterocycles. The van der Waals surface area contributed by atoms with E-state index in [1.54, 1.807) is 0 Å². The van der Waals surface area contributed by atoms with Crippen molar-refractivity contribution in [3.63, 3.8) is 0 Å². The molecule has 30 heavy (non-hydrogen) atoms. The molecule has 0 aliphatic carbocycles. The smallest absolute Gasteiger partial charge is 0.185 e. The summed E-state index contributed by atoms with van der Waals surface area (Å²) in [5.74, 6) is -12.4. The van der Waals surface area contributed by atoms with Crippen LogP contribution in [0.4, 0.5) is 0 Å². The van der Waals surface area contributed by atoms with E-state index in [0.717, 1.165) is 0 Å². The Morgan fingerprint density at radius 3 is 1.00 bits per heavy atom. The van der Waals surface area contributed by atoms with Crippen LogP contribution in [-0.2, 0) is 0 Å². The third kappa shape index (κ3) is 5.78. The molecule has 3 rings (SSSR count). The van der Waals surface area contributed by atoms with E-state index in [1.807, 2.05) is 36.6 Å². The van der Waals surface area contributed by atoms with Crippen molar-refractivity contribution in [2.75, 3.05) is 13.1 Å². The highest BCUT2D eigenvalue weighted by Crippen LogP contribution is 3.02. The molecule has 0 radical (unpaired) electrons. The summed E-state index contributed by atoms with van der Waals surface area (Å²) in [4.78, 5) is 0. The lowest BCUT2D eigenvalue weighted by Gasteiger charge is -2.60. The Hall–Kier alpha value is 3.62. The first-order valence-electron chi connectivity index (χ1n) is 8.31. The third-order valence-corrected chi connectivity index (χ3v) is 30.1. The van der Waals surface area contributed by atoms with Crippen molar-refractivity contribution in [3.05, 3.63) is 0 Å². The molecule has 3 aliphatic rings. The van der Waals surface area contributed by atoms with E-state index >= 15 is 0 Å². The normalized spacial score (nSPS) is 29.8. The molecule has 176 valence electrons. The Bertz CT molecular complexity index is 972. The van der Waals surface area contributed by atoms with Gasteiger partial charge < -0.3 is 0 Å². The Balaban J connectivity index is 2.43. The molecule has 8 nitrogen and oxygen atoms in total. The minimum atomic E-state index is -3.19. The number of hydrogen-bond acceptors (Lipinski definition) is 8. The SMILES string of the molecule is CC(C)CN1P2(=NP(Cl)(Cl)=NP(Cl)(Cl)=N2)N(CC(C)C)P12=NP(Cl)(Cl)=NP(Cl)(Cl)=N2.